The smallest absolute Gasteiger partial charge is 0.408 e. The summed E-state index contributed by atoms with van der Waals surface area (Å²) in [7, 11) is 0. The Morgan fingerprint density at radius 3 is 2.54 bits per heavy atom. The van der Waals surface area contributed by atoms with E-state index < -0.39 is 28.9 Å². The van der Waals surface area contributed by atoms with Gasteiger partial charge in [-0.05, 0) is 46.8 Å². The van der Waals surface area contributed by atoms with Crippen molar-refractivity contribution in [1.82, 2.24) is 15.5 Å². The fourth-order valence-corrected chi connectivity index (χ4v) is 1.91. The monoisotopic (exact) mass is 369 g/mol. The Labute approximate surface area is 149 Å². The van der Waals surface area contributed by atoms with Gasteiger partial charge in [-0.25, -0.2) is 13.6 Å². The molecule has 0 spiro atoms. The second kappa shape index (κ2) is 7.27. The van der Waals surface area contributed by atoms with E-state index in [1.807, 2.05) is 0 Å². The summed E-state index contributed by atoms with van der Waals surface area (Å²) in [5, 5.41) is 6.44. The summed E-state index contributed by atoms with van der Waals surface area (Å²) in [6, 6.07) is 2.95. The minimum atomic E-state index is -0.967. The van der Waals surface area contributed by atoms with Crippen LogP contribution in [0.4, 0.5) is 13.6 Å². The van der Waals surface area contributed by atoms with Crippen LogP contribution in [0.25, 0.3) is 0 Å². The molecule has 142 valence electrons. The molecule has 7 nitrogen and oxygen atoms in total. The van der Waals surface area contributed by atoms with Crippen LogP contribution in [0.3, 0.4) is 0 Å². The van der Waals surface area contributed by atoms with Crippen molar-refractivity contribution in [2.45, 2.75) is 52.4 Å². The molecule has 0 unspecified atom stereocenters. The first-order valence-electron chi connectivity index (χ1n) is 7.88. The van der Waals surface area contributed by atoms with E-state index >= 15 is 0 Å². The first kappa shape index (κ1) is 19.6. The van der Waals surface area contributed by atoms with E-state index in [2.05, 4.69) is 15.5 Å². The Morgan fingerprint density at radius 1 is 1.23 bits per heavy atom. The molecule has 2 aromatic rings. The highest BCUT2D eigenvalue weighted by atomic mass is 19.1. The molecule has 0 aliphatic rings. The Bertz CT molecular complexity index is 785. The summed E-state index contributed by atoms with van der Waals surface area (Å²) < 4.78 is 41.8. The third-order valence-corrected chi connectivity index (χ3v) is 3.09. The number of halogens is 2. The highest BCUT2D eigenvalue weighted by Gasteiger charge is 2.31. The van der Waals surface area contributed by atoms with Gasteiger partial charge in [-0.3, -0.25) is 0 Å². The lowest BCUT2D eigenvalue weighted by Gasteiger charge is -2.26. The minimum absolute atomic E-state index is 0.0720. The summed E-state index contributed by atoms with van der Waals surface area (Å²) >= 11 is 0. The Hall–Kier alpha value is -2.71. The molecule has 0 fully saturated rings. The molecule has 0 radical (unpaired) electrons. The lowest BCUT2D eigenvalue weighted by Crippen LogP contribution is -2.44. The van der Waals surface area contributed by atoms with E-state index in [4.69, 9.17) is 14.0 Å². The Balaban J connectivity index is 2.00. The molecule has 1 aromatic heterocycles. The van der Waals surface area contributed by atoms with Crippen LogP contribution in [-0.2, 0) is 16.9 Å². The van der Waals surface area contributed by atoms with Crippen LogP contribution in [0, 0.1) is 11.6 Å². The molecule has 1 N–H and O–H groups in total. The van der Waals surface area contributed by atoms with Crippen molar-refractivity contribution in [2.24, 2.45) is 0 Å². The second-order valence-electron chi connectivity index (χ2n) is 7.13. The van der Waals surface area contributed by atoms with Gasteiger partial charge in [-0.1, -0.05) is 5.16 Å². The SMILES string of the molecule is CC(C)(C)OC(=O)NC(C)(C)c1noc(COc2ccc(F)cc2F)n1. The van der Waals surface area contributed by atoms with Gasteiger partial charge < -0.3 is 19.3 Å². The number of amides is 1. The third kappa shape index (κ3) is 5.40. The van der Waals surface area contributed by atoms with Crippen LogP contribution in [0.15, 0.2) is 22.7 Å². The zero-order valence-corrected chi connectivity index (χ0v) is 15.2. The van der Waals surface area contributed by atoms with Crippen LogP contribution < -0.4 is 10.1 Å². The van der Waals surface area contributed by atoms with Crippen molar-refractivity contribution < 1.29 is 27.6 Å². The summed E-state index contributed by atoms with van der Waals surface area (Å²) in [5.74, 6) is -1.41. The molecular weight excluding hydrogens is 348 g/mol. The standard InChI is InChI=1S/C17H21F2N3O4/c1-16(2,3)25-15(23)21-17(4,5)14-20-13(26-22-14)9-24-12-7-6-10(18)8-11(12)19/h6-8H,9H2,1-5H3,(H,21,23). The number of hydrogen-bond acceptors (Lipinski definition) is 6. The van der Waals surface area contributed by atoms with Gasteiger partial charge in [0.15, 0.2) is 24.0 Å². The number of nitrogens with zero attached hydrogens (tertiary/aromatic N) is 2. The zero-order chi connectivity index (χ0) is 19.5. The van der Waals surface area contributed by atoms with E-state index in [-0.39, 0.29) is 24.1 Å². The topological polar surface area (TPSA) is 86.5 Å². The molecule has 1 amide bonds. The van der Waals surface area contributed by atoms with Crippen molar-refractivity contribution in [2.75, 3.05) is 0 Å². The average Bonchev–Trinajstić information content (AvgIpc) is 2.93. The van der Waals surface area contributed by atoms with Gasteiger partial charge in [0.05, 0.1) is 0 Å². The van der Waals surface area contributed by atoms with E-state index in [1.165, 1.54) is 0 Å². The molecule has 0 aliphatic carbocycles. The molecule has 26 heavy (non-hydrogen) atoms. The summed E-state index contributed by atoms with van der Waals surface area (Å²) in [4.78, 5) is 16.0. The quantitative estimate of drug-likeness (QED) is 0.865. The number of rotatable bonds is 5. The maximum Gasteiger partial charge on any atom is 0.408 e. The Morgan fingerprint density at radius 2 is 1.92 bits per heavy atom. The number of aromatic nitrogens is 2. The maximum atomic E-state index is 13.5. The first-order chi connectivity index (χ1) is 12.0. The average molecular weight is 369 g/mol. The molecule has 9 heteroatoms. The van der Waals surface area contributed by atoms with Crippen LogP contribution >= 0.6 is 0 Å². The fourth-order valence-electron chi connectivity index (χ4n) is 1.91. The molecule has 0 bridgehead atoms. The van der Waals surface area contributed by atoms with Gasteiger partial charge in [0.1, 0.15) is 17.0 Å². The first-order valence-corrected chi connectivity index (χ1v) is 7.88. The van der Waals surface area contributed by atoms with Crippen molar-refractivity contribution in [3.63, 3.8) is 0 Å². The van der Waals surface area contributed by atoms with Crippen LogP contribution in [0.2, 0.25) is 0 Å². The number of alkyl carbamates (subject to hydrolysis) is 1. The summed E-state index contributed by atoms with van der Waals surface area (Å²) in [6.07, 6.45) is -0.626. The number of nitrogens with one attached hydrogen (secondary N) is 1. The van der Waals surface area contributed by atoms with Crippen molar-refractivity contribution >= 4 is 6.09 Å². The number of hydrogen-bond donors (Lipinski definition) is 1. The highest BCUT2D eigenvalue weighted by molar-refractivity contribution is 5.68. The van der Waals surface area contributed by atoms with Crippen molar-refractivity contribution in [3.8, 4) is 5.75 Å². The number of benzene rings is 1. The molecule has 0 aliphatic heterocycles. The van der Waals surface area contributed by atoms with Crippen molar-refractivity contribution in [3.05, 3.63) is 41.5 Å². The molecular formula is C17H21F2N3O4. The maximum absolute atomic E-state index is 13.5. The van der Waals surface area contributed by atoms with Crippen molar-refractivity contribution in [1.29, 1.82) is 0 Å². The predicted molar refractivity (Wildman–Crippen MR) is 87.4 cm³/mol. The predicted octanol–water partition coefficient (Wildman–Crippen LogP) is 3.69. The molecule has 1 heterocycles. The third-order valence-electron chi connectivity index (χ3n) is 3.09. The van der Waals surface area contributed by atoms with E-state index in [0.717, 1.165) is 12.1 Å². The molecule has 1 aromatic carbocycles. The van der Waals surface area contributed by atoms with Crippen LogP contribution in [0.1, 0.15) is 46.3 Å². The van der Waals surface area contributed by atoms with Gasteiger partial charge in [0.25, 0.3) is 5.89 Å². The normalized spacial score (nSPS) is 12.0. The lowest BCUT2D eigenvalue weighted by atomic mass is 10.1. The van der Waals surface area contributed by atoms with E-state index in [0.29, 0.717) is 6.07 Å². The fraction of sp³-hybridized carbons (Fsp3) is 0.471. The largest absolute Gasteiger partial charge is 0.481 e. The second-order valence-corrected chi connectivity index (χ2v) is 7.13. The highest BCUT2D eigenvalue weighted by Crippen LogP contribution is 2.21. The van der Waals surface area contributed by atoms with Gasteiger partial charge in [0.2, 0.25) is 0 Å². The molecule has 2 rings (SSSR count). The number of carbonyl (C=O) groups excluding carboxylic acids is 1. The van der Waals surface area contributed by atoms with Gasteiger partial charge in [-0.15, -0.1) is 0 Å². The van der Waals surface area contributed by atoms with Crippen LogP contribution in [-0.4, -0.2) is 21.8 Å². The molecule has 0 atom stereocenters. The molecule has 0 saturated heterocycles. The summed E-state index contributed by atoms with van der Waals surface area (Å²) in [6.45, 7) is 8.38. The lowest BCUT2D eigenvalue weighted by molar-refractivity contribution is 0.0465. The number of ether oxygens (including phenoxy) is 2. The zero-order valence-electron chi connectivity index (χ0n) is 15.2. The van der Waals surface area contributed by atoms with Gasteiger partial charge in [-0.2, -0.15) is 4.98 Å². The van der Waals surface area contributed by atoms with Gasteiger partial charge >= 0.3 is 6.09 Å². The van der Waals surface area contributed by atoms with E-state index in [1.54, 1.807) is 34.6 Å². The van der Waals surface area contributed by atoms with Gasteiger partial charge in [0, 0.05) is 6.07 Å². The summed E-state index contributed by atoms with van der Waals surface area (Å²) in [5.41, 5.74) is -1.61. The van der Waals surface area contributed by atoms with E-state index in [9.17, 15) is 13.6 Å². The minimum Gasteiger partial charge on any atom is -0.481 e. The Kier molecular flexibility index (Phi) is 5.48. The molecule has 0 saturated carbocycles. The number of carbonyl (C=O) groups is 1. The van der Waals surface area contributed by atoms with Crippen LogP contribution in [0.5, 0.6) is 5.75 Å².